The molecule has 1 aliphatic rings. The van der Waals surface area contributed by atoms with Crippen molar-refractivity contribution < 1.29 is 0 Å². The number of nitrogen functional groups attached to an aromatic ring is 1. The van der Waals surface area contributed by atoms with Gasteiger partial charge in [-0.1, -0.05) is 42.0 Å². The van der Waals surface area contributed by atoms with Gasteiger partial charge < -0.3 is 5.73 Å². The van der Waals surface area contributed by atoms with Crippen molar-refractivity contribution in [3.8, 4) is 0 Å². The summed E-state index contributed by atoms with van der Waals surface area (Å²) in [5.74, 6) is 0. The third kappa shape index (κ3) is 2.63. The van der Waals surface area contributed by atoms with Gasteiger partial charge in [-0.2, -0.15) is 0 Å². The van der Waals surface area contributed by atoms with Gasteiger partial charge in [0.2, 0.25) is 0 Å². The average molecular weight is 211 g/mol. The maximum Gasteiger partial charge on any atom is 0.0314 e. The number of nitrogens with two attached hydrogens (primary N) is 1. The molecule has 0 spiro atoms. The van der Waals surface area contributed by atoms with Gasteiger partial charge in [0, 0.05) is 5.69 Å². The quantitative estimate of drug-likeness (QED) is 0.742. The second-order valence-electron chi connectivity index (χ2n) is 4.22. The summed E-state index contributed by atoms with van der Waals surface area (Å²) in [6.07, 6.45) is 10.7. The fourth-order valence-electron chi connectivity index (χ4n) is 1.89. The zero-order valence-corrected chi connectivity index (χ0v) is 9.61. The summed E-state index contributed by atoms with van der Waals surface area (Å²) < 4.78 is 0. The summed E-state index contributed by atoms with van der Waals surface area (Å²) in [7, 11) is 0. The van der Waals surface area contributed by atoms with Crippen LogP contribution < -0.4 is 5.73 Å². The Labute approximate surface area is 97.0 Å². The fourth-order valence-corrected chi connectivity index (χ4v) is 1.89. The number of rotatable bonds is 2. The van der Waals surface area contributed by atoms with Gasteiger partial charge in [-0.15, -0.1) is 0 Å². The standard InChI is InChI=1S/C15H17N/c1-12(14-5-3-2-4-6-14)11-13-7-9-15(16)10-8-13/h2-5,7-10H,6,11,16H2,1H3. The Kier molecular flexibility index (Phi) is 3.25. The van der Waals surface area contributed by atoms with Gasteiger partial charge in [-0.25, -0.2) is 0 Å². The first-order chi connectivity index (χ1) is 7.75. The predicted molar refractivity (Wildman–Crippen MR) is 70.2 cm³/mol. The summed E-state index contributed by atoms with van der Waals surface area (Å²) >= 11 is 0. The van der Waals surface area contributed by atoms with E-state index in [1.807, 2.05) is 12.1 Å². The van der Waals surface area contributed by atoms with Crippen LogP contribution in [0.1, 0.15) is 18.9 Å². The minimum atomic E-state index is 0.828. The third-order valence-electron chi connectivity index (χ3n) is 2.88. The summed E-state index contributed by atoms with van der Waals surface area (Å²) in [6.45, 7) is 2.20. The van der Waals surface area contributed by atoms with Crippen molar-refractivity contribution in [1.82, 2.24) is 0 Å². The van der Waals surface area contributed by atoms with E-state index in [1.54, 1.807) is 0 Å². The molecule has 1 aromatic carbocycles. The lowest BCUT2D eigenvalue weighted by molar-refractivity contribution is 1.07. The molecule has 0 aromatic heterocycles. The molecule has 0 fully saturated rings. The fraction of sp³-hybridized carbons (Fsp3) is 0.200. The molecule has 0 saturated heterocycles. The van der Waals surface area contributed by atoms with Crippen LogP contribution in [0.5, 0.6) is 0 Å². The zero-order chi connectivity index (χ0) is 11.4. The van der Waals surface area contributed by atoms with E-state index in [0.717, 1.165) is 18.5 Å². The monoisotopic (exact) mass is 211 g/mol. The number of allylic oxidation sites excluding steroid dienone is 6. The molecule has 1 heteroatoms. The maximum absolute atomic E-state index is 5.67. The van der Waals surface area contributed by atoms with Crippen molar-refractivity contribution in [2.45, 2.75) is 19.8 Å². The average Bonchev–Trinajstić information content (AvgIpc) is 2.33. The topological polar surface area (TPSA) is 26.0 Å². The lowest BCUT2D eigenvalue weighted by Gasteiger charge is -2.09. The second kappa shape index (κ2) is 4.84. The highest BCUT2D eigenvalue weighted by atomic mass is 14.5. The van der Waals surface area contributed by atoms with Crippen LogP contribution in [-0.2, 0) is 6.42 Å². The first-order valence-electron chi connectivity index (χ1n) is 5.62. The number of anilines is 1. The molecule has 0 amide bonds. The highest BCUT2D eigenvalue weighted by Gasteiger charge is 2.01. The zero-order valence-electron chi connectivity index (χ0n) is 9.61. The van der Waals surface area contributed by atoms with E-state index in [4.69, 9.17) is 5.73 Å². The van der Waals surface area contributed by atoms with Crippen LogP contribution in [0.3, 0.4) is 0 Å². The maximum atomic E-state index is 5.67. The Balaban J connectivity index is 2.12. The Morgan fingerprint density at radius 1 is 1.19 bits per heavy atom. The molecule has 0 heterocycles. The van der Waals surface area contributed by atoms with Crippen LogP contribution in [0.25, 0.3) is 0 Å². The normalized spacial score (nSPS) is 17.6. The van der Waals surface area contributed by atoms with Gasteiger partial charge in [-0.05, 0) is 43.0 Å². The first-order valence-corrected chi connectivity index (χ1v) is 5.62. The Bertz CT molecular complexity index is 447. The van der Waals surface area contributed by atoms with E-state index >= 15 is 0 Å². The molecule has 0 radical (unpaired) electrons. The molecule has 0 saturated carbocycles. The van der Waals surface area contributed by atoms with Crippen LogP contribution in [0.2, 0.25) is 0 Å². The van der Waals surface area contributed by atoms with Gasteiger partial charge in [0.1, 0.15) is 0 Å². The van der Waals surface area contributed by atoms with Crippen molar-refractivity contribution in [3.63, 3.8) is 0 Å². The summed E-state index contributed by atoms with van der Waals surface area (Å²) in [4.78, 5) is 0. The third-order valence-corrected chi connectivity index (χ3v) is 2.88. The van der Waals surface area contributed by atoms with Gasteiger partial charge in [0.15, 0.2) is 0 Å². The van der Waals surface area contributed by atoms with E-state index in [-0.39, 0.29) is 0 Å². The number of hydrogen-bond donors (Lipinski definition) is 1. The highest BCUT2D eigenvalue weighted by Crippen LogP contribution is 2.19. The van der Waals surface area contributed by atoms with E-state index < -0.39 is 0 Å². The second-order valence-corrected chi connectivity index (χ2v) is 4.22. The molecule has 0 unspecified atom stereocenters. The summed E-state index contributed by atoms with van der Waals surface area (Å²) in [5, 5.41) is 0. The molecule has 2 N–H and O–H groups in total. The highest BCUT2D eigenvalue weighted by molar-refractivity contribution is 5.41. The largest absolute Gasteiger partial charge is 0.399 e. The SMILES string of the molecule is CC(Cc1ccc(N)cc1)=C1C=CC=CC1. The van der Waals surface area contributed by atoms with Crippen LogP contribution in [0.15, 0.2) is 59.7 Å². The first kappa shape index (κ1) is 10.7. The van der Waals surface area contributed by atoms with E-state index in [1.165, 1.54) is 16.7 Å². The summed E-state index contributed by atoms with van der Waals surface area (Å²) in [6, 6.07) is 8.12. The molecule has 1 nitrogen and oxygen atoms in total. The Morgan fingerprint density at radius 3 is 2.56 bits per heavy atom. The Morgan fingerprint density at radius 2 is 1.94 bits per heavy atom. The van der Waals surface area contributed by atoms with Gasteiger partial charge in [0.05, 0.1) is 0 Å². The molecular weight excluding hydrogens is 194 g/mol. The number of benzene rings is 1. The van der Waals surface area contributed by atoms with Crippen LogP contribution in [0.4, 0.5) is 5.69 Å². The number of hydrogen-bond acceptors (Lipinski definition) is 1. The summed E-state index contributed by atoms with van der Waals surface area (Å²) in [5.41, 5.74) is 10.7. The molecule has 82 valence electrons. The molecule has 0 atom stereocenters. The van der Waals surface area contributed by atoms with Crippen molar-refractivity contribution in [1.29, 1.82) is 0 Å². The van der Waals surface area contributed by atoms with Crippen LogP contribution in [-0.4, -0.2) is 0 Å². The van der Waals surface area contributed by atoms with Gasteiger partial charge in [-0.3, -0.25) is 0 Å². The van der Waals surface area contributed by atoms with Crippen molar-refractivity contribution in [2.75, 3.05) is 5.73 Å². The van der Waals surface area contributed by atoms with Crippen molar-refractivity contribution >= 4 is 5.69 Å². The predicted octanol–water partition coefficient (Wildman–Crippen LogP) is 3.64. The van der Waals surface area contributed by atoms with Crippen LogP contribution in [0, 0.1) is 0 Å². The van der Waals surface area contributed by atoms with E-state index in [0.29, 0.717) is 0 Å². The van der Waals surface area contributed by atoms with Crippen molar-refractivity contribution in [3.05, 3.63) is 65.3 Å². The smallest absolute Gasteiger partial charge is 0.0314 e. The molecule has 1 aromatic rings. The van der Waals surface area contributed by atoms with E-state index in [2.05, 4.69) is 43.4 Å². The molecule has 2 rings (SSSR count). The van der Waals surface area contributed by atoms with Gasteiger partial charge in [0.25, 0.3) is 0 Å². The minimum absolute atomic E-state index is 0.828. The van der Waals surface area contributed by atoms with E-state index in [9.17, 15) is 0 Å². The van der Waals surface area contributed by atoms with Crippen LogP contribution >= 0.6 is 0 Å². The minimum Gasteiger partial charge on any atom is -0.399 e. The molecule has 0 bridgehead atoms. The lowest BCUT2D eigenvalue weighted by Crippen LogP contribution is -1.93. The van der Waals surface area contributed by atoms with Crippen molar-refractivity contribution in [2.24, 2.45) is 0 Å². The molecular formula is C15H17N. The molecule has 0 aliphatic heterocycles. The van der Waals surface area contributed by atoms with Gasteiger partial charge >= 0.3 is 0 Å². The molecule has 1 aliphatic carbocycles. The Hall–Kier alpha value is -1.76. The molecule has 16 heavy (non-hydrogen) atoms. The lowest BCUT2D eigenvalue weighted by atomic mass is 9.97.